The molecule has 1 aromatic heterocycles. The molecule has 5 N–H and O–H groups in total. The molecule has 0 aliphatic carbocycles. The minimum absolute atomic E-state index is 0.0553. The molecule has 160 valence electrons. The molecule has 0 spiro atoms. The second-order valence-corrected chi connectivity index (χ2v) is 6.70. The predicted molar refractivity (Wildman–Crippen MR) is 111 cm³/mol. The van der Waals surface area contributed by atoms with E-state index >= 15 is 0 Å². The highest BCUT2D eigenvalue weighted by Gasteiger charge is 2.23. The van der Waals surface area contributed by atoms with Crippen LogP contribution in [0.5, 0.6) is 0 Å². The van der Waals surface area contributed by atoms with E-state index in [9.17, 15) is 14.4 Å². The molecular formula is C20H26N6O4. The van der Waals surface area contributed by atoms with Gasteiger partial charge in [-0.05, 0) is 38.1 Å². The fraction of sp³-hybridized carbons (Fsp3) is 0.350. The maximum Gasteiger partial charge on any atom is 0.331 e. The number of anilines is 1. The van der Waals surface area contributed by atoms with Gasteiger partial charge in [-0.25, -0.2) is 9.78 Å². The van der Waals surface area contributed by atoms with Crippen molar-refractivity contribution < 1.29 is 20.5 Å². The highest BCUT2D eigenvalue weighted by atomic mass is 16.5. The van der Waals surface area contributed by atoms with Crippen LogP contribution in [0.4, 0.5) is 5.69 Å². The normalized spacial score (nSPS) is 12.4. The first-order valence-electron chi connectivity index (χ1n) is 9.76. The Balaban J connectivity index is 1.84. The Morgan fingerprint density at radius 3 is 2.47 bits per heavy atom. The molecule has 0 saturated heterocycles. The standard InChI is InChI=1S/C20H26N6O4/c1-13(2)30-20(29)16(26-10-9-23-12-26)11-24-17(27)7-8-18(28)25-15-5-3-14(4-6-15)19(21)22/h3-6,9-10,12-13,16H,7-8,11H2,1-2H3,(H3,21,22)(H,24,27)(H,25,28)/i13D. The average Bonchev–Trinajstić information content (AvgIpc) is 3.20. The Kier molecular flexibility index (Phi) is 7.53. The lowest BCUT2D eigenvalue weighted by atomic mass is 10.2. The number of carbonyl (C=O) groups is 3. The molecule has 2 aromatic rings. The van der Waals surface area contributed by atoms with Gasteiger partial charge in [0.05, 0.1) is 13.8 Å². The van der Waals surface area contributed by atoms with E-state index in [1.165, 1.54) is 30.9 Å². The number of hydrogen-bond acceptors (Lipinski definition) is 6. The first-order chi connectivity index (χ1) is 14.5. The molecular weight excluding hydrogens is 388 g/mol. The molecule has 0 radical (unpaired) electrons. The largest absolute Gasteiger partial charge is 0.461 e. The monoisotopic (exact) mass is 415 g/mol. The number of nitrogens with zero attached hydrogens (tertiary/aromatic N) is 2. The highest BCUT2D eigenvalue weighted by Crippen LogP contribution is 2.11. The molecule has 1 aromatic carbocycles. The number of nitrogens with one attached hydrogen (secondary N) is 3. The Hall–Kier alpha value is -3.69. The zero-order chi connectivity index (χ0) is 23.0. The highest BCUT2D eigenvalue weighted by molar-refractivity contribution is 5.96. The number of amidine groups is 1. The number of esters is 1. The minimum Gasteiger partial charge on any atom is -0.461 e. The first-order valence-corrected chi connectivity index (χ1v) is 9.26. The lowest BCUT2D eigenvalue weighted by molar-refractivity contribution is -0.151. The summed E-state index contributed by atoms with van der Waals surface area (Å²) in [5.41, 5.74) is 6.45. The van der Waals surface area contributed by atoms with Gasteiger partial charge in [-0.1, -0.05) is 0 Å². The summed E-state index contributed by atoms with van der Waals surface area (Å²) in [5, 5.41) is 12.6. The third-order valence-electron chi connectivity index (χ3n) is 4.01. The van der Waals surface area contributed by atoms with Crippen molar-refractivity contribution in [2.75, 3.05) is 11.9 Å². The molecule has 0 fully saturated rings. The fourth-order valence-corrected chi connectivity index (χ4v) is 2.52. The van der Waals surface area contributed by atoms with Gasteiger partial charge < -0.3 is 25.7 Å². The van der Waals surface area contributed by atoms with E-state index in [1.807, 2.05) is 0 Å². The molecule has 0 aliphatic heterocycles. The molecule has 1 unspecified atom stereocenters. The quantitative estimate of drug-likeness (QED) is 0.260. The van der Waals surface area contributed by atoms with Crippen molar-refractivity contribution in [1.29, 1.82) is 5.41 Å². The van der Waals surface area contributed by atoms with Crippen LogP contribution in [0.3, 0.4) is 0 Å². The van der Waals surface area contributed by atoms with Crippen LogP contribution in [0.2, 0.25) is 0 Å². The number of nitrogens with two attached hydrogens (primary N) is 1. The van der Waals surface area contributed by atoms with Gasteiger partial charge in [-0.3, -0.25) is 15.0 Å². The molecule has 0 saturated carbocycles. The molecule has 2 amide bonds. The maximum absolute atomic E-state index is 12.4. The van der Waals surface area contributed by atoms with Crippen molar-refractivity contribution in [1.82, 2.24) is 14.9 Å². The number of rotatable bonds is 10. The van der Waals surface area contributed by atoms with Crippen molar-refractivity contribution in [3.63, 3.8) is 0 Å². The van der Waals surface area contributed by atoms with Crippen LogP contribution >= 0.6 is 0 Å². The number of hydrogen-bond donors (Lipinski definition) is 4. The number of amides is 2. The van der Waals surface area contributed by atoms with Crippen LogP contribution < -0.4 is 16.4 Å². The van der Waals surface area contributed by atoms with E-state index in [4.69, 9.17) is 17.3 Å². The predicted octanol–water partition coefficient (Wildman–Crippen LogP) is 1.19. The third kappa shape index (κ3) is 7.04. The Morgan fingerprint density at radius 1 is 1.23 bits per heavy atom. The molecule has 0 aliphatic rings. The lowest BCUT2D eigenvalue weighted by Gasteiger charge is -2.19. The summed E-state index contributed by atoms with van der Waals surface area (Å²) >= 11 is 0. The van der Waals surface area contributed by atoms with E-state index in [0.717, 1.165) is 0 Å². The Bertz CT molecular complexity index is 922. The van der Waals surface area contributed by atoms with E-state index in [2.05, 4.69) is 15.6 Å². The molecule has 0 bridgehead atoms. The smallest absolute Gasteiger partial charge is 0.331 e. The summed E-state index contributed by atoms with van der Waals surface area (Å²) < 4.78 is 14.3. The van der Waals surface area contributed by atoms with Crippen molar-refractivity contribution >= 4 is 29.3 Å². The van der Waals surface area contributed by atoms with Crippen LogP contribution in [-0.2, 0) is 19.1 Å². The summed E-state index contributed by atoms with van der Waals surface area (Å²) in [6, 6.07) is 5.56. The summed E-state index contributed by atoms with van der Waals surface area (Å²) in [5.74, 6) is -1.51. The zero-order valence-corrected chi connectivity index (χ0v) is 16.8. The van der Waals surface area contributed by atoms with Crippen molar-refractivity contribution in [3.8, 4) is 0 Å². The molecule has 30 heavy (non-hydrogen) atoms. The van der Waals surface area contributed by atoms with E-state index in [1.54, 1.807) is 30.5 Å². The second kappa shape index (κ2) is 10.7. The van der Waals surface area contributed by atoms with Gasteiger partial charge in [0, 0.05) is 43.0 Å². The van der Waals surface area contributed by atoms with Crippen LogP contribution in [0.1, 0.15) is 39.7 Å². The average molecular weight is 415 g/mol. The number of benzene rings is 1. The van der Waals surface area contributed by atoms with Gasteiger partial charge in [-0.2, -0.15) is 0 Å². The number of carbonyl (C=O) groups excluding carboxylic acids is 3. The first kappa shape index (κ1) is 21.0. The fourth-order valence-electron chi connectivity index (χ4n) is 2.52. The number of aromatic nitrogens is 2. The summed E-state index contributed by atoms with van der Waals surface area (Å²) in [4.78, 5) is 40.5. The number of ether oxygens (including phenoxy) is 1. The van der Waals surface area contributed by atoms with Gasteiger partial charge in [0.25, 0.3) is 0 Å². The zero-order valence-electron chi connectivity index (χ0n) is 17.8. The van der Waals surface area contributed by atoms with Crippen molar-refractivity contribution in [2.45, 2.75) is 38.8 Å². The molecule has 1 heterocycles. The minimum atomic E-state index is -1.42. The second-order valence-electron chi connectivity index (χ2n) is 6.70. The molecule has 2 rings (SSSR count). The van der Waals surface area contributed by atoms with E-state index in [0.29, 0.717) is 11.3 Å². The van der Waals surface area contributed by atoms with Gasteiger partial charge in [0.15, 0.2) is 0 Å². The van der Waals surface area contributed by atoms with Crippen molar-refractivity contribution in [3.05, 3.63) is 48.5 Å². The topological polar surface area (TPSA) is 152 Å². The molecule has 10 heteroatoms. The van der Waals surface area contributed by atoms with E-state index in [-0.39, 0.29) is 31.1 Å². The van der Waals surface area contributed by atoms with Crippen LogP contribution in [0, 0.1) is 5.41 Å². The van der Waals surface area contributed by atoms with Gasteiger partial charge in [0.1, 0.15) is 11.9 Å². The van der Waals surface area contributed by atoms with Gasteiger partial charge in [-0.15, -0.1) is 0 Å². The maximum atomic E-state index is 12.4. The Morgan fingerprint density at radius 2 is 1.90 bits per heavy atom. The van der Waals surface area contributed by atoms with E-state index < -0.39 is 24.0 Å². The SMILES string of the molecule is [2H]C(C)(C)OC(=O)C(CNC(=O)CCC(=O)Nc1ccc(C(=N)N)cc1)n1ccnc1. The van der Waals surface area contributed by atoms with Gasteiger partial charge in [0.2, 0.25) is 11.8 Å². The summed E-state index contributed by atoms with van der Waals surface area (Å²) in [6.07, 6.45) is 2.91. The van der Waals surface area contributed by atoms with Crippen LogP contribution in [0.25, 0.3) is 0 Å². The summed E-state index contributed by atoms with van der Waals surface area (Å²) in [6.45, 7) is 2.79. The molecule has 1 atom stereocenters. The lowest BCUT2D eigenvalue weighted by Crippen LogP contribution is -2.36. The van der Waals surface area contributed by atoms with Gasteiger partial charge >= 0.3 is 5.97 Å². The summed E-state index contributed by atoms with van der Waals surface area (Å²) in [7, 11) is 0. The van der Waals surface area contributed by atoms with Crippen LogP contribution in [-0.4, -0.2) is 45.8 Å². The Labute approximate surface area is 175 Å². The number of imidazole rings is 1. The van der Waals surface area contributed by atoms with Crippen LogP contribution in [0.15, 0.2) is 43.0 Å². The molecule has 10 nitrogen and oxygen atoms in total. The number of nitrogen functional groups attached to an aromatic ring is 1. The van der Waals surface area contributed by atoms with Crippen molar-refractivity contribution in [2.24, 2.45) is 5.73 Å². The third-order valence-corrected chi connectivity index (χ3v) is 4.01.